The van der Waals surface area contributed by atoms with Gasteiger partial charge in [0, 0.05) is 22.6 Å². The SMILES string of the molecule is Cc1cc2cc(C(=O)C3CCCCC3)ccc2[nH]c1=O. The minimum absolute atomic E-state index is 0.0659. The molecule has 0 aliphatic heterocycles. The lowest BCUT2D eigenvalue weighted by Crippen LogP contribution is -2.18. The molecule has 1 fully saturated rings. The molecular weight excluding hydrogens is 250 g/mol. The second kappa shape index (κ2) is 5.23. The van der Waals surface area contributed by atoms with Crippen molar-refractivity contribution in [3.05, 3.63) is 45.7 Å². The van der Waals surface area contributed by atoms with Gasteiger partial charge in [-0.3, -0.25) is 9.59 Å². The van der Waals surface area contributed by atoms with E-state index in [0.717, 1.165) is 42.1 Å². The Balaban J connectivity index is 1.97. The fourth-order valence-electron chi connectivity index (χ4n) is 3.07. The summed E-state index contributed by atoms with van der Waals surface area (Å²) in [5, 5.41) is 0.934. The van der Waals surface area contributed by atoms with Gasteiger partial charge in [0.1, 0.15) is 0 Å². The molecule has 0 saturated heterocycles. The summed E-state index contributed by atoms with van der Waals surface area (Å²) in [7, 11) is 0. The first-order valence-corrected chi connectivity index (χ1v) is 7.33. The van der Waals surface area contributed by atoms with Crippen LogP contribution < -0.4 is 5.56 Å². The number of aromatic amines is 1. The summed E-state index contributed by atoms with van der Waals surface area (Å²) < 4.78 is 0. The topological polar surface area (TPSA) is 49.9 Å². The second-order valence-corrected chi connectivity index (χ2v) is 5.78. The zero-order chi connectivity index (χ0) is 14.1. The van der Waals surface area contributed by atoms with Gasteiger partial charge in [-0.15, -0.1) is 0 Å². The highest BCUT2D eigenvalue weighted by molar-refractivity contribution is 6.00. The smallest absolute Gasteiger partial charge is 0.251 e. The number of fused-ring (bicyclic) bond motifs is 1. The van der Waals surface area contributed by atoms with Crippen LogP contribution in [0, 0.1) is 12.8 Å². The summed E-state index contributed by atoms with van der Waals surface area (Å²) in [4.78, 5) is 26.9. The minimum Gasteiger partial charge on any atom is -0.322 e. The number of nitrogens with one attached hydrogen (secondary N) is 1. The number of Topliss-reactive ketones (excluding diaryl/α,β-unsaturated/α-hetero) is 1. The third-order valence-electron chi connectivity index (χ3n) is 4.29. The van der Waals surface area contributed by atoms with Crippen molar-refractivity contribution in [2.75, 3.05) is 0 Å². The molecule has 0 radical (unpaired) electrons. The number of hydrogen-bond acceptors (Lipinski definition) is 2. The number of aromatic nitrogens is 1. The van der Waals surface area contributed by atoms with Gasteiger partial charge in [-0.25, -0.2) is 0 Å². The first kappa shape index (κ1) is 13.1. The maximum Gasteiger partial charge on any atom is 0.251 e. The monoisotopic (exact) mass is 269 g/mol. The molecule has 20 heavy (non-hydrogen) atoms. The molecule has 0 unspecified atom stereocenters. The highest BCUT2D eigenvalue weighted by Crippen LogP contribution is 2.27. The van der Waals surface area contributed by atoms with Crippen molar-refractivity contribution in [2.45, 2.75) is 39.0 Å². The fourth-order valence-corrected chi connectivity index (χ4v) is 3.07. The van der Waals surface area contributed by atoms with Crippen LogP contribution >= 0.6 is 0 Å². The van der Waals surface area contributed by atoms with Crippen LogP contribution in [0.4, 0.5) is 0 Å². The van der Waals surface area contributed by atoms with Crippen LogP contribution in [0.25, 0.3) is 10.9 Å². The number of benzene rings is 1. The molecule has 2 aromatic rings. The summed E-state index contributed by atoms with van der Waals surface area (Å²) in [5.41, 5.74) is 2.18. The van der Waals surface area contributed by atoms with Crippen molar-refractivity contribution in [2.24, 2.45) is 5.92 Å². The first-order valence-electron chi connectivity index (χ1n) is 7.33. The van der Waals surface area contributed by atoms with Gasteiger partial charge in [0.15, 0.2) is 5.78 Å². The van der Waals surface area contributed by atoms with Gasteiger partial charge in [-0.05, 0) is 49.4 Å². The number of ketones is 1. The Morgan fingerprint density at radius 3 is 2.65 bits per heavy atom. The van der Waals surface area contributed by atoms with Crippen LogP contribution in [0.5, 0.6) is 0 Å². The summed E-state index contributed by atoms with van der Waals surface area (Å²) >= 11 is 0. The van der Waals surface area contributed by atoms with E-state index in [0.29, 0.717) is 5.56 Å². The van der Waals surface area contributed by atoms with Crippen molar-refractivity contribution in [3.63, 3.8) is 0 Å². The number of carbonyl (C=O) groups excluding carboxylic acids is 1. The highest BCUT2D eigenvalue weighted by atomic mass is 16.1. The lowest BCUT2D eigenvalue weighted by Gasteiger charge is -2.20. The first-order chi connectivity index (χ1) is 9.65. The Labute approximate surface area is 118 Å². The Morgan fingerprint density at radius 1 is 1.15 bits per heavy atom. The van der Waals surface area contributed by atoms with Gasteiger partial charge in [-0.2, -0.15) is 0 Å². The largest absolute Gasteiger partial charge is 0.322 e. The molecule has 0 atom stereocenters. The predicted octanol–water partition coefficient (Wildman–Crippen LogP) is 3.60. The van der Waals surface area contributed by atoms with E-state index < -0.39 is 0 Å². The number of hydrogen-bond donors (Lipinski definition) is 1. The highest BCUT2D eigenvalue weighted by Gasteiger charge is 2.22. The van der Waals surface area contributed by atoms with Crippen LogP contribution in [-0.4, -0.2) is 10.8 Å². The van der Waals surface area contributed by atoms with Gasteiger partial charge in [0.2, 0.25) is 0 Å². The molecule has 1 N–H and O–H groups in total. The number of rotatable bonds is 2. The van der Waals surface area contributed by atoms with Gasteiger partial charge >= 0.3 is 0 Å². The maximum atomic E-state index is 12.5. The van der Waals surface area contributed by atoms with Gasteiger partial charge < -0.3 is 4.98 Å². The zero-order valence-corrected chi connectivity index (χ0v) is 11.7. The molecule has 0 amide bonds. The summed E-state index contributed by atoms with van der Waals surface area (Å²) in [5.74, 6) is 0.445. The van der Waals surface area contributed by atoms with E-state index in [1.165, 1.54) is 6.42 Å². The average molecular weight is 269 g/mol. The Morgan fingerprint density at radius 2 is 1.90 bits per heavy atom. The van der Waals surface area contributed by atoms with E-state index in [-0.39, 0.29) is 17.3 Å². The molecule has 104 valence electrons. The lowest BCUT2D eigenvalue weighted by atomic mass is 9.83. The van der Waals surface area contributed by atoms with Crippen molar-refractivity contribution in [1.82, 2.24) is 4.98 Å². The third kappa shape index (κ3) is 2.40. The molecule has 1 aliphatic rings. The van der Waals surface area contributed by atoms with E-state index in [1.54, 1.807) is 6.92 Å². The van der Waals surface area contributed by atoms with Gasteiger partial charge in [0.25, 0.3) is 5.56 Å². The van der Waals surface area contributed by atoms with E-state index in [9.17, 15) is 9.59 Å². The molecule has 1 aliphatic carbocycles. The zero-order valence-electron chi connectivity index (χ0n) is 11.7. The number of pyridine rings is 1. The number of aryl methyl sites for hydroxylation is 1. The number of carbonyl (C=O) groups is 1. The maximum absolute atomic E-state index is 12.5. The van der Waals surface area contributed by atoms with E-state index in [2.05, 4.69) is 4.98 Å². The van der Waals surface area contributed by atoms with E-state index in [1.807, 2.05) is 24.3 Å². The number of H-pyrrole nitrogens is 1. The third-order valence-corrected chi connectivity index (χ3v) is 4.29. The molecule has 3 rings (SSSR count). The second-order valence-electron chi connectivity index (χ2n) is 5.78. The van der Waals surface area contributed by atoms with Crippen molar-refractivity contribution in [1.29, 1.82) is 0 Å². The van der Waals surface area contributed by atoms with E-state index in [4.69, 9.17) is 0 Å². The van der Waals surface area contributed by atoms with Gasteiger partial charge in [0.05, 0.1) is 0 Å². The normalized spacial score (nSPS) is 16.4. The Kier molecular flexibility index (Phi) is 3.43. The Bertz CT molecular complexity index is 708. The molecule has 3 nitrogen and oxygen atoms in total. The molecule has 0 bridgehead atoms. The van der Waals surface area contributed by atoms with E-state index >= 15 is 0 Å². The molecule has 1 heterocycles. The molecule has 1 aromatic heterocycles. The van der Waals surface area contributed by atoms with Crippen molar-refractivity contribution < 1.29 is 4.79 Å². The van der Waals surface area contributed by atoms with Crippen LogP contribution in [0.2, 0.25) is 0 Å². The summed E-state index contributed by atoms with van der Waals surface area (Å²) in [6.07, 6.45) is 5.61. The average Bonchev–Trinajstić information content (AvgIpc) is 2.48. The Hall–Kier alpha value is -1.90. The fraction of sp³-hybridized carbons (Fsp3) is 0.412. The molecule has 1 saturated carbocycles. The molecule has 3 heteroatoms. The summed E-state index contributed by atoms with van der Waals surface area (Å²) in [6, 6.07) is 7.44. The van der Waals surface area contributed by atoms with Gasteiger partial charge in [-0.1, -0.05) is 19.3 Å². The molecular formula is C17H19NO2. The quantitative estimate of drug-likeness (QED) is 0.847. The molecule has 1 aromatic carbocycles. The summed E-state index contributed by atoms with van der Waals surface area (Å²) in [6.45, 7) is 1.79. The molecule has 0 spiro atoms. The van der Waals surface area contributed by atoms with Crippen LogP contribution in [-0.2, 0) is 0 Å². The standard InChI is InChI=1S/C17H19NO2/c1-11-9-14-10-13(7-8-15(14)18-17(11)20)16(19)12-5-3-2-4-6-12/h7-10,12H,2-6H2,1H3,(H,18,20). The van der Waals surface area contributed by atoms with Crippen molar-refractivity contribution in [3.8, 4) is 0 Å². The predicted molar refractivity (Wildman–Crippen MR) is 80.2 cm³/mol. The van der Waals surface area contributed by atoms with Crippen LogP contribution in [0.1, 0.15) is 48.0 Å². The van der Waals surface area contributed by atoms with Crippen molar-refractivity contribution >= 4 is 16.7 Å². The minimum atomic E-state index is -0.0659. The van der Waals surface area contributed by atoms with Crippen LogP contribution in [0.3, 0.4) is 0 Å². The van der Waals surface area contributed by atoms with Crippen LogP contribution in [0.15, 0.2) is 29.1 Å². The lowest BCUT2D eigenvalue weighted by molar-refractivity contribution is 0.0889.